The standard InChI is InChI=1S/C6H6O4S/c7-5(8)1-3-11-4-2-6(9)10/h1,3H2,(H,7,8)(H,9,10). The van der Waals surface area contributed by atoms with Gasteiger partial charge in [0.2, 0.25) is 0 Å². The topological polar surface area (TPSA) is 74.6 Å². The van der Waals surface area contributed by atoms with Gasteiger partial charge in [-0.15, -0.1) is 0 Å². The maximum absolute atomic E-state index is 9.92. The molecular weight excluding hydrogens is 168 g/mol. The van der Waals surface area contributed by atoms with Gasteiger partial charge >= 0.3 is 11.9 Å². The van der Waals surface area contributed by atoms with E-state index in [1.54, 1.807) is 0 Å². The van der Waals surface area contributed by atoms with Gasteiger partial charge in [0.05, 0.1) is 6.42 Å². The second kappa shape index (κ2) is 5.62. The van der Waals surface area contributed by atoms with Crippen molar-refractivity contribution in [1.82, 2.24) is 0 Å². The molecule has 0 heterocycles. The Labute approximate surface area is 67.6 Å². The van der Waals surface area contributed by atoms with Crippen molar-refractivity contribution in [2.75, 3.05) is 5.75 Å². The maximum atomic E-state index is 9.92. The Bertz CT molecular complexity index is 212. The van der Waals surface area contributed by atoms with Crippen LogP contribution in [-0.4, -0.2) is 27.9 Å². The first-order chi connectivity index (χ1) is 5.13. The molecule has 0 aliphatic rings. The van der Waals surface area contributed by atoms with Crippen LogP contribution in [0.2, 0.25) is 0 Å². The maximum Gasteiger partial charge on any atom is 0.382 e. The van der Waals surface area contributed by atoms with Crippen LogP contribution in [0.1, 0.15) is 6.42 Å². The van der Waals surface area contributed by atoms with Crippen LogP contribution in [0, 0.1) is 11.2 Å². The lowest BCUT2D eigenvalue weighted by molar-refractivity contribution is -0.136. The lowest BCUT2D eigenvalue weighted by Crippen LogP contribution is -1.95. The molecule has 0 saturated carbocycles. The Morgan fingerprint density at radius 3 is 2.45 bits per heavy atom. The fraction of sp³-hybridized carbons (Fsp3) is 0.333. The smallest absolute Gasteiger partial charge is 0.382 e. The van der Waals surface area contributed by atoms with Crippen LogP contribution < -0.4 is 0 Å². The molecule has 0 atom stereocenters. The van der Waals surface area contributed by atoms with E-state index < -0.39 is 11.9 Å². The van der Waals surface area contributed by atoms with Gasteiger partial charge < -0.3 is 10.2 Å². The number of rotatable bonds is 3. The van der Waals surface area contributed by atoms with Gasteiger partial charge in [-0.05, 0) is 5.25 Å². The fourth-order valence-electron chi connectivity index (χ4n) is 0.269. The third-order valence-electron chi connectivity index (χ3n) is 0.648. The highest BCUT2D eigenvalue weighted by Crippen LogP contribution is 1.98. The lowest BCUT2D eigenvalue weighted by atomic mass is 10.5. The van der Waals surface area contributed by atoms with Gasteiger partial charge in [-0.25, -0.2) is 4.79 Å². The van der Waals surface area contributed by atoms with Gasteiger partial charge in [0.15, 0.2) is 0 Å². The van der Waals surface area contributed by atoms with Crippen molar-refractivity contribution in [3.05, 3.63) is 0 Å². The molecule has 0 amide bonds. The molecule has 0 bridgehead atoms. The Morgan fingerprint density at radius 1 is 1.36 bits per heavy atom. The molecule has 0 aromatic carbocycles. The van der Waals surface area contributed by atoms with Gasteiger partial charge in [0.25, 0.3) is 0 Å². The molecule has 0 rings (SSSR count). The summed E-state index contributed by atoms with van der Waals surface area (Å²) in [5.41, 5.74) is 0. The van der Waals surface area contributed by atoms with Gasteiger partial charge in [0.1, 0.15) is 0 Å². The molecule has 60 valence electrons. The van der Waals surface area contributed by atoms with E-state index >= 15 is 0 Å². The predicted octanol–water partition coefficient (Wildman–Crippen LogP) is 0.240. The SMILES string of the molecule is O=C(O)C#CSCCC(=O)O. The van der Waals surface area contributed by atoms with E-state index in [-0.39, 0.29) is 6.42 Å². The second-order valence-corrected chi connectivity index (χ2v) is 2.43. The van der Waals surface area contributed by atoms with E-state index in [4.69, 9.17) is 10.2 Å². The third-order valence-corrected chi connectivity index (χ3v) is 1.30. The van der Waals surface area contributed by atoms with E-state index in [1.807, 2.05) is 5.92 Å². The number of carboxylic acid groups (broad SMARTS) is 2. The van der Waals surface area contributed by atoms with Crippen molar-refractivity contribution in [3.63, 3.8) is 0 Å². The van der Waals surface area contributed by atoms with Crippen molar-refractivity contribution in [1.29, 1.82) is 0 Å². The minimum atomic E-state index is -1.20. The van der Waals surface area contributed by atoms with Gasteiger partial charge in [-0.1, -0.05) is 11.8 Å². The highest BCUT2D eigenvalue weighted by atomic mass is 32.2. The molecule has 0 fully saturated rings. The van der Waals surface area contributed by atoms with Gasteiger partial charge in [0, 0.05) is 11.7 Å². The summed E-state index contributed by atoms with van der Waals surface area (Å²) >= 11 is 0.987. The van der Waals surface area contributed by atoms with Crippen LogP contribution in [0.15, 0.2) is 0 Å². The summed E-state index contributed by atoms with van der Waals surface area (Å²) < 4.78 is 0. The molecule has 11 heavy (non-hydrogen) atoms. The van der Waals surface area contributed by atoms with E-state index in [1.165, 1.54) is 0 Å². The first-order valence-corrected chi connectivity index (χ1v) is 3.69. The molecule has 0 aromatic heterocycles. The summed E-state index contributed by atoms with van der Waals surface area (Å²) in [5.74, 6) is 0.0622. The lowest BCUT2D eigenvalue weighted by Gasteiger charge is -1.85. The average molecular weight is 174 g/mol. The largest absolute Gasteiger partial charge is 0.481 e. The highest BCUT2D eigenvalue weighted by molar-refractivity contribution is 8.03. The normalized spacial score (nSPS) is 8.00. The number of hydrogen-bond donors (Lipinski definition) is 2. The van der Waals surface area contributed by atoms with Crippen molar-refractivity contribution >= 4 is 23.7 Å². The Hall–Kier alpha value is -1.15. The van der Waals surface area contributed by atoms with E-state index in [9.17, 15) is 9.59 Å². The number of thioether (sulfide) groups is 1. The van der Waals surface area contributed by atoms with Crippen LogP contribution in [0.4, 0.5) is 0 Å². The van der Waals surface area contributed by atoms with Gasteiger partial charge in [-0.3, -0.25) is 4.79 Å². The number of hydrogen-bond acceptors (Lipinski definition) is 3. The summed E-state index contributed by atoms with van der Waals surface area (Å²) in [6.07, 6.45) is -0.00103. The molecule has 5 heteroatoms. The fourth-order valence-corrected chi connectivity index (χ4v) is 0.807. The molecule has 0 radical (unpaired) electrons. The van der Waals surface area contributed by atoms with Crippen LogP contribution in [-0.2, 0) is 9.59 Å². The quantitative estimate of drug-likeness (QED) is 0.473. The van der Waals surface area contributed by atoms with Crippen LogP contribution >= 0.6 is 11.8 Å². The second-order valence-electron chi connectivity index (χ2n) is 1.52. The molecule has 4 nitrogen and oxygen atoms in total. The molecular formula is C6H6O4S. The summed E-state index contributed by atoms with van der Waals surface area (Å²) in [4.78, 5) is 19.7. The minimum Gasteiger partial charge on any atom is -0.481 e. The monoisotopic (exact) mass is 174 g/mol. The van der Waals surface area contributed by atoms with Crippen molar-refractivity contribution in [2.45, 2.75) is 6.42 Å². The highest BCUT2D eigenvalue weighted by Gasteiger charge is 1.93. The van der Waals surface area contributed by atoms with E-state index in [0.29, 0.717) is 5.75 Å². The molecule has 0 spiro atoms. The van der Waals surface area contributed by atoms with Gasteiger partial charge in [-0.2, -0.15) is 0 Å². The molecule has 0 aromatic rings. The third kappa shape index (κ3) is 8.85. The minimum absolute atomic E-state index is 0.00103. The van der Waals surface area contributed by atoms with Crippen LogP contribution in [0.25, 0.3) is 0 Å². The number of aliphatic carboxylic acids is 2. The molecule has 2 N–H and O–H groups in total. The first kappa shape index (κ1) is 9.85. The summed E-state index contributed by atoms with van der Waals surface area (Å²) in [6, 6.07) is 0. The summed E-state index contributed by atoms with van der Waals surface area (Å²) in [7, 11) is 0. The van der Waals surface area contributed by atoms with Crippen molar-refractivity contribution in [3.8, 4) is 11.2 Å². The summed E-state index contributed by atoms with van der Waals surface area (Å²) in [6.45, 7) is 0. The first-order valence-electron chi connectivity index (χ1n) is 2.70. The zero-order valence-electron chi connectivity index (χ0n) is 5.53. The molecule has 0 saturated heterocycles. The molecule has 0 aliphatic carbocycles. The Kier molecular flexibility index (Phi) is 5.03. The predicted molar refractivity (Wildman–Crippen MR) is 40.1 cm³/mol. The summed E-state index contributed by atoms with van der Waals surface area (Å²) in [5, 5.41) is 18.4. The Balaban J connectivity index is 3.37. The van der Waals surface area contributed by atoms with Crippen molar-refractivity contribution in [2.24, 2.45) is 0 Å². The molecule has 0 aliphatic heterocycles. The van der Waals surface area contributed by atoms with E-state index in [2.05, 4.69) is 5.25 Å². The van der Waals surface area contributed by atoms with Crippen LogP contribution in [0.3, 0.4) is 0 Å². The average Bonchev–Trinajstić information content (AvgIpc) is 1.85. The van der Waals surface area contributed by atoms with Crippen LogP contribution in [0.5, 0.6) is 0 Å². The molecule has 0 unspecified atom stereocenters. The van der Waals surface area contributed by atoms with E-state index in [0.717, 1.165) is 11.8 Å². The number of carbonyl (C=O) groups is 2. The van der Waals surface area contributed by atoms with Crippen molar-refractivity contribution < 1.29 is 19.8 Å². The number of carboxylic acids is 2. The Morgan fingerprint density at radius 2 is 2.00 bits per heavy atom. The zero-order chi connectivity index (χ0) is 8.69. The zero-order valence-corrected chi connectivity index (χ0v) is 6.35.